The summed E-state index contributed by atoms with van der Waals surface area (Å²) in [6, 6.07) is -0.182. The van der Waals surface area contributed by atoms with Gasteiger partial charge >= 0.3 is 0 Å². The van der Waals surface area contributed by atoms with E-state index in [1.165, 1.54) is 35.7 Å². The van der Waals surface area contributed by atoms with E-state index < -0.39 is 0 Å². The average Bonchev–Trinajstić information content (AvgIpc) is 3.17. The molecule has 23 heavy (non-hydrogen) atoms. The van der Waals surface area contributed by atoms with Gasteiger partial charge in [0.25, 0.3) is 0 Å². The van der Waals surface area contributed by atoms with Gasteiger partial charge in [0.15, 0.2) is 5.13 Å². The van der Waals surface area contributed by atoms with Crippen molar-refractivity contribution in [3.63, 3.8) is 0 Å². The van der Waals surface area contributed by atoms with E-state index >= 15 is 0 Å². The first-order valence-corrected chi connectivity index (χ1v) is 9.00. The molecule has 1 amide bonds. The van der Waals surface area contributed by atoms with Crippen LogP contribution in [-0.2, 0) is 24.8 Å². The number of amides is 1. The first kappa shape index (κ1) is 14.8. The van der Waals surface area contributed by atoms with Crippen LogP contribution >= 0.6 is 11.3 Å². The molecule has 0 spiro atoms. The Bertz CT molecular complexity index is 719. The summed E-state index contributed by atoms with van der Waals surface area (Å²) in [4.78, 5) is 23.6. The zero-order chi connectivity index (χ0) is 16.0. The molecular weight excluding hydrogens is 310 g/mol. The van der Waals surface area contributed by atoms with Crippen molar-refractivity contribution in [2.45, 2.75) is 44.7 Å². The van der Waals surface area contributed by atoms with Gasteiger partial charge in [-0.25, -0.2) is 9.97 Å². The van der Waals surface area contributed by atoms with Crippen LogP contribution in [0.15, 0.2) is 11.6 Å². The Kier molecular flexibility index (Phi) is 3.69. The number of fused-ring (bicyclic) bond motifs is 1. The maximum Gasteiger partial charge on any atom is 0.243 e. The molecule has 0 aromatic carbocycles. The largest absolute Gasteiger partial charge is 0.335 e. The maximum absolute atomic E-state index is 12.4. The van der Waals surface area contributed by atoms with Crippen molar-refractivity contribution in [3.05, 3.63) is 28.8 Å². The summed E-state index contributed by atoms with van der Waals surface area (Å²) in [5, 5.41) is 5.41. The van der Waals surface area contributed by atoms with Crippen molar-refractivity contribution in [3.8, 4) is 0 Å². The van der Waals surface area contributed by atoms with Gasteiger partial charge in [0.1, 0.15) is 5.82 Å². The van der Waals surface area contributed by atoms with Crippen LogP contribution in [-0.4, -0.2) is 37.9 Å². The fourth-order valence-electron chi connectivity index (χ4n) is 3.27. The second-order valence-corrected chi connectivity index (χ2v) is 7.31. The number of carbonyl (C=O) groups is 1. The number of rotatable bonds is 4. The summed E-state index contributed by atoms with van der Waals surface area (Å²) in [6.07, 6.45) is 5.19. The highest BCUT2D eigenvalue weighted by atomic mass is 32.1. The molecule has 3 heterocycles. The monoisotopic (exact) mass is 331 g/mol. The van der Waals surface area contributed by atoms with Crippen molar-refractivity contribution >= 4 is 22.4 Å². The molecule has 1 saturated carbocycles. The van der Waals surface area contributed by atoms with Gasteiger partial charge in [-0.15, -0.1) is 11.3 Å². The minimum atomic E-state index is -0.182. The topological polar surface area (TPSA) is 63.1 Å². The number of anilines is 1. The molecule has 0 unspecified atom stereocenters. The molecule has 2 aliphatic rings. The van der Waals surface area contributed by atoms with E-state index in [1.807, 2.05) is 12.3 Å². The van der Waals surface area contributed by atoms with E-state index in [2.05, 4.69) is 26.8 Å². The Labute approximate surface area is 139 Å². The highest BCUT2D eigenvalue weighted by Gasteiger charge is 2.33. The number of hydrogen-bond donors (Lipinski definition) is 1. The molecule has 0 bridgehead atoms. The standard InChI is InChI=1S/C16H21N5OS/c1-10(15(22)19-16-17-6-8-23-16)21-7-5-13-12(9-21)18-14(20(13)2)11-3-4-11/h6,8,10-11H,3-5,7,9H2,1-2H3,(H,17,19,22)/t10-/m1/s1. The third-order valence-electron chi connectivity index (χ3n) is 4.85. The second kappa shape index (κ2) is 5.72. The van der Waals surface area contributed by atoms with Gasteiger partial charge < -0.3 is 9.88 Å². The minimum absolute atomic E-state index is 0.00162. The van der Waals surface area contributed by atoms with E-state index in [4.69, 9.17) is 4.98 Å². The molecule has 1 atom stereocenters. The van der Waals surface area contributed by atoms with Crippen molar-refractivity contribution in [2.75, 3.05) is 11.9 Å². The van der Waals surface area contributed by atoms with Crippen molar-refractivity contribution in [2.24, 2.45) is 7.05 Å². The Balaban J connectivity index is 1.46. The number of thiazole rings is 1. The normalized spacial score (nSPS) is 19.4. The SMILES string of the molecule is C[C@H](C(=O)Nc1nccs1)N1CCc2c(nc(C3CC3)n2C)C1. The Morgan fingerprint density at radius 3 is 3.00 bits per heavy atom. The molecule has 0 saturated heterocycles. The molecule has 6 nitrogen and oxygen atoms in total. The van der Waals surface area contributed by atoms with Gasteiger partial charge in [-0.3, -0.25) is 9.69 Å². The molecule has 1 fully saturated rings. The number of imidazole rings is 1. The number of aromatic nitrogens is 3. The third-order valence-corrected chi connectivity index (χ3v) is 5.54. The number of carbonyl (C=O) groups excluding carboxylic acids is 1. The van der Waals surface area contributed by atoms with Crippen molar-refractivity contribution in [1.82, 2.24) is 19.4 Å². The fraction of sp³-hybridized carbons (Fsp3) is 0.562. The van der Waals surface area contributed by atoms with Gasteiger partial charge in [-0.05, 0) is 19.8 Å². The van der Waals surface area contributed by atoms with Crippen LogP contribution in [0.2, 0.25) is 0 Å². The minimum Gasteiger partial charge on any atom is -0.335 e. The molecule has 1 aliphatic heterocycles. The molecule has 1 N–H and O–H groups in total. The van der Waals surface area contributed by atoms with Gasteiger partial charge in [0.05, 0.1) is 11.7 Å². The van der Waals surface area contributed by atoms with Gasteiger partial charge in [0.2, 0.25) is 5.91 Å². The zero-order valence-corrected chi connectivity index (χ0v) is 14.3. The average molecular weight is 331 g/mol. The smallest absolute Gasteiger partial charge is 0.243 e. The Morgan fingerprint density at radius 1 is 1.48 bits per heavy atom. The third kappa shape index (κ3) is 2.79. The maximum atomic E-state index is 12.4. The van der Waals surface area contributed by atoms with Gasteiger partial charge in [-0.1, -0.05) is 0 Å². The summed E-state index contributed by atoms with van der Waals surface area (Å²) < 4.78 is 2.28. The number of nitrogens with one attached hydrogen (secondary N) is 1. The van der Waals surface area contributed by atoms with Gasteiger partial charge in [-0.2, -0.15) is 0 Å². The van der Waals surface area contributed by atoms with Crippen LogP contribution in [0.25, 0.3) is 0 Å². The molecule has 122 valence electrons. The first-order chi connectivity index (χ1) is 11.1. The molecule has 1 aliphatic carbocycles. The lowest BCUT2D eigenvalue weighted by Crippen LogP contribution is -2.44. The van der Waals surface area contributed by atoms with Crippen molar-refractivity contribution < 1.29 is 4.79 Å². The molecule has 0 radical (unpaired) electrons. The highest BCUT2D eigenvalue weighted by molar-refractivity contribution is 7.13. The van der Waals surface area contributed by atoms with E-state index in [0.29, 0.717) is 11.0 Å². The van der Waals surface area contributed by atoms with E-state index in [1.54, 1.807) is 6.20 Å². The predicted octanol–water partition coefficient (Wildman–Crippen LogP) is 2.14. The summed E-state index contributed by atoms with van der Waals surface area (Å²) in [5.74, 6) is 1.89. The van der Waals surface area contributed by atoms with Crippen LogP contribution in [0.4, 0.5) is 5.13 Å². The summed E-state index contributed by atoms with van der Waals surface area (Å²) in [7, 11) is 2.13. The summed E-state index contributed by atoms with van der Waals surface area (Å²) in [5.41, 5.74) is 2.49. The zero-order valence-electron chi connectivity index (χ0n) is 13.5. The Morgan fingerprint density at radius 2 is 2.30 bits per heavy atom. The van der Waals surface area contributed by atoms with Crippen LogP contribution < -0.4 is 5.32 Å². The molecule has 2 aromatic rings. The lowest BCUT2D eigenvalue weighted by Gasteiger charge is -2.31. The predicted molar refractivity (Wildman–Crippen MR) is 89.5 cm³/mol. The number of hydrogen-bond acceptors (Lipinski definition) is 5. The molecular formula is C16H21N5OS. The van der Waals surface area contributed by atoms with Crippen LogP contribution in [0, 0.1) is 0 Å². The van der Waals surface area contributed by atoms with Crippen LogP contribution in [0.5, 0.6) is 0 Å². The Hall–Kier alpha value is -1.73. The summed E-state index contributed by atoms with van der Waals surface area (Å²) >= 11 is 1.44. The molecule has 2 aromatic heterocycles. The molecule has 4 rings (SSSR count). The molecule has 7 heteroatoms. The lowest BCUT2D eigenvalue weighted by molar-refractivity contribution is -0.121. The quantitative estimate of drug-likeness (QED) is 0.932. The van der Waals surface area contributed by atoms with E-state index in [-0.39, 0.29) is 11.9 Å². The van der Waals surface area contributed by atoms with Crippen molar-refractivity contribution in [1.29, 1.82) is 0 Å². The fourth-order valence-corrected chi connectivity index (χ4v) is 3.80. The van der Waals surface area contributed by atoms with Crippen LogP contribution in [0.1, 0.15) is 42.9 Å². The first-order valence-electron chi connectivity index (χ1n) is 8.12. The number of nitrogens with zero attached hydrogens (tertiary/aromatic N) is 4. The van der Waals surface area contributed by atoms with Gasteiger partial charge in [0, 0.05) is 49.7 Å². The second-order valence-electron chi connectivity index (χ2n) is 6.42. The van der Waals surface area contributed by atoms with Crippen LogP contribution in [0.3, 0.4) is 0 Å². The highest BCUT2D eigenvalue weighted by Crippen LogP contribution is 2.40. The summed E-state index contributed by atoms with van der Waals surface area (Å²) in [6.45, 7) is 3.60. The van der Waals surface area contributed by atoms with E-state index in [0.717, 1.165) is 25.2 Å². The van der Waals surface area contributed by atoms with E-state index in [9.17, 15) is 4.79 Å². The lowest BCUT2D eigenvalue weighted by atomic mass is 10.1.